The van der Waals surface area contributed by atoms with Gasteiger partial charge >= 0.3 is 0 Å². The highest BCUT2D eigenvalue weighted by Gasteiger charge is 2.38. The quantitative estimate of drug-likeness (QED) is 0.695. The van der Waals surface area contributed by atoms with Crippen molar-refractivity contribution < 1.29 is 4.74 Å². The van der Waals surface area contributed by atoms with E-state index in [-0.39, 0.29) is 0 Å². The lowest BCUT2D eigenvalue weighted by atomic mass is 9.81. The SMILES string of the molecule is CCCC1(CN(CCOC)C(C)C2CC2)CCNC1. The van der Waals surface area contributed by atoms with Gasteiger partial charge in [-0.15, -0.1) is 0 Å². The molecule has 0 aromatic carbocycles. The summed E-state index contributed by atoms with van der Waals surface area (Å²) in [7, 11) is 1.82. The molecule has 19 heavy (non-hydrogen) atoms. The number of nitrogens with one attached hydrogen (secondary N) is 1. The first kappa shape index (κ1) is 15.3. The second-order valence-corrected chi connectivity index (χ2v) is 6.72. The predicted octanol–water partition coefficient (Wildman–Crippen LogP) is 2.51. The highest BCUT2D eigenvalue weighted by Crippen LogP contribution is 2.38. The fourth-order valence-electron chi connectivity index (χ4n) is 3.70. The minimum absolute atomic E-state index is 0.519. The zero-order chi connectivity index (χ0) is 13.7. The summed E-state index contributed by atoms with van der Waals surface area (Å²) in [5.74, 6) is 0.949. The molecule has 1 saturated carbocycles. The molecule has 0 amide bonds. The maximum absolute atomic E-state index is 5.32. The molecule has 0 radical (unpaired) electrons. The van der Waals surface area contributed by atoms with E-state index in [9.17, 15) is 0 Å². The first-order valence-electron chi connectivity index (χ1n) is 8.14. The fraction of sp³-hybridized carbons (Fsp3) is 1.00. The van der Waals surface area contributed by atoms with Crippen molar-refractivity contribution in [2.45, 2.75) is 52.0 Å². The van der Waals surface area contributed by atoms with Crippen LogP contribution in [0.2, 0.25) is 0 Å². The molecule has 1 aliphatic heterocycles. The van der Waals surface area contributed by atoms with Crippen LogP contribution in [0.1, 0.15) is 46.0 Å². The highest BCUT2D eigenvalue weighted by molar-refractivity contribution is 4.93. The van der Waals surface area contributed by atoms with Gasteiger partial charge in [-0.2, -0.15) is 0 Å². The maximum Gasteiger partial charge on any atom is 0.0589 e. The van der Waals surface area contributed by atoms with E-state index >= 15 is 0 Å². The molecule has 1 saturated heterocycles. The van der Waals surface area contributed by atoms with E-state index < -0.39 is 0 Å². The van der Waals surface area contributed by atoms with E-state index in [0.717, 1.165) is 25.1 Å². The summed E-state index contributed by atoms with van der Waals surface area (Å²) in [6.45, 7) is 10.4. The molecule has 3 nitrogen and oxygen atoms in total. The molecule has 2 atom stereocenters. The van der Waals surface area contributed by atoms with Crippen LogP contribution >= 0.6 is 0 Å². The van der Waals surface area contributed by atoms with Crippen LogP contribution in [0.5, 0.6) is 0 Å². The minimum atomic E-state index is 0.519. The Kier molecular flexibility index (Phi) is 5.67. The molecule has 2 rings (SSSR count). The first-order chi connectivity index (χ1) is 9.21. The summed E-state index contributed by atoms with van der Waals surface area (Å²) in [4.78, 5) is 2.71. The van der Waals surface area contributed by atoms with Gasteiger partial charge in [0.15, 0.2) is 0 Å². The van der Waals surface area contributed by atoms with Gasteiger partial charge in [0, 0.05) is 32.8 Å². The van der Waals surface area contributed by atoms with E-state index in [4.69, 9.17) is 4.74 Å². The minimum Gasteiger partial charge on any atom is -0.383 e. The Morgan fingerprint density at radius 2 is 2.21 bits per heavy atom. The van der Waals surface area contributed by atoms with Gasteiger partial charge in [0.25, 0.3) is 0 Å². The zero-order valence-corrected chi connectivity index (χ0v) is 13.1. The van der Waals surface area contributed by atoms with Crippen LogP contribution in [0.3, 0.4) is 0 Å². The van der Waals surface area contributed by atoms with Gasteiger partial charge in [0.05, 0.1) is 6.61 Å². The van der Waals surface area contributed by atoms with Crippen LogP contribution in [0.15, 0.2) is 0 Å². The number of ether oxygens (including phenoxy) is 1. The van der Waals surface area contributed by atoms with E-state index in [2.05, 4.69) is 24.1 Å². The first-order valence-corrected chi connectivity index (χ1v) is 8.14. The molecule has 1 heterocycles. The highest BCUT2D eigenvalue weighted by atomic mass is 16.5. The summed E-state index contributed by atoms with van der Waals surface area (Å²) in [5, 5.41) is 3.59. The summed E-state index contributed by atoms with van der Waals surface area (Å²) >= 11 is 0. The third kappa shape index (κ3) is 4.17. The summed E-state index contributed by atoms with van der Waals surface area (Å²) in [5.41, 5.74) is 0.519. The Bertz CT molecular complexity index is 259. The van der Waals surface area contributed by atoms with Crippen LogP contribution in [0, 0.1) is 11.3 Å². The molecule has 0 aromatic heterocycles. The Hall–Kier alpha value is -0.120. The number of hydrogen-bond donors (Lipinski definition) is 1. The monoisotopic (exact) mass is 268 g/mol. The molecule has 1 aliphatic carbocycles. The largest absolute Gasteiger partial charge is 0.383 e. The van der Waals surface area contributed by atoms with Gasteiger partial charge in [-0.05, 0) is 50.5 Å². The number of hydrogen-bond acceptors (Lipinski definition) is 3. The van der Waals surface area contributed by atoms with Gasteiger partial charge < -0.3 is 10.1 Å². The lowest BCUT2D eigenvalue weighted by Crippen LogP contribution is -2.45. The van der Waals surface area contributed by atoms with Crippen molar-refractivity contribution in [1.82, 2.24) is 10.2 Å². The Balaban J connectivity index is 1.95. The molecule has 112 valence electrons. The fourth-order valence-corrected chi connectivity index (χ4v) is 3.70. The summed E-state index contributed by atoms with van der Waals surface area (Å²) in [6.07, 6.45) is 6.88. The van der Waals surface area contributed by atoms with E-state index in [1.165, 1.54) is 51.7 Å². The molecule has 2 aliphatic rings. The Labute approximate surface area is 119 Å². The van der Waals surface area contributed by atoms with Crippen LogP contribution < -0.4 is 5.32 Å². The Morgan fingerprint density at radius 3 is 2.74 bits per heavy atom. The third-order valence-electron chi connectivity index (χ3n) is 5.11. The van der Waals surface area contributed by atoms with Crippen molar-refractivity contribution >= 4 is 0 Å². The second kappa shape index (κ2) is 7.05. The van der Waals surface area contributed by atoms with Crippen LogP contribution in [-0.2, 0) is 4.74 Å². The normalized spacial score (nSPS) is 29.1. The topological polar surface area (TPSA) is 24.5 Å². The van der Waals surface area contributed by atoms with Gasteiger partial charge in [-0.1, -0.05) is 13.3 Å². The van der Waals surface area contributed by atoms with Crippen LogP contribution in [-0.4, -0.2) is 50.8 Å². The molecule has 0 aromatic rings. The van der Waals surface area contributed by atoms with Crippen molar-refractivity contribution in [2.75, 3.05) is 39.9 Å². The van der Waals surface area contributed by atoms with Gasteiger partial charge in [-0.25, -0.2) is 0 Å². The van der Waals surface area contributed by atoms with Gasteiger partial charge in [0.2, 0.25) is 0 Å². The lowest BCUT2D eigenvalue weighted by molar-refractivity contribution is 0.0739. The molecule has 0 bridgehead atoms. The Morgan fingerprint density at radius 1 is 1.42 bits per heavy atom. The molecular formula is C16H32N2O. The maximum atomic E-state index is 5.32. The van der Waals surface area contributed by atoms with E-state index in [0.29, 0.717) is 5.41 Å². The zero-order valence-electron chi connectivity index (χ0n) is 13.1. The van der Waals surface area contributed by atoms with Crippen molar-refractivity contribution in [3.63, 3.8) is 0 Å². The van der Waals surface area contributed by atoms with Crippen molar-refractivity contribution in [3.05, 3.63) is 0 Å². The second-order valence-electron chi connectivity index (χ2n) is 6.72. The smallest absolute Gasteiger partial charge is 0.0589 e. The predicted molar refractivity (Wildman–Crippen MR) is 80.5 cm³/mol. The lowest BCUT2D eigenvalue weighted by Gasteiger charge is -2.38. The van der Waals surface area contributed by atoms with Gasteiger partial charge in [-0.3, -0.25) is 4.90 Å². The molecule has 2 unspecified atom stereocenters. The average molecular weight is 268 g/mol. The molecule has 3 heteroatoms. The molecule has 0 spiro atoms. The standard InChI is InChI=1S/C16H32N2O/c1-4-7-16(8-9-17-12-16)13-18(10-11-19-3)14(2)15-5-6-15/h14-15,17H,4-13H2,1-3H3. The van der Waals surface area contributed by atoms with Crippen LogP contribution in [0.4, 0.5) is 0 Å². The van der Waals surface area contributed by atoms with Crippen molar-refractivity contribution in [3.8, 4) is 0 Å². The van der Waals surface area contributed by atoms with Crippen LogP contribution in [0.25, 0.3) is 0 Å². The van der Waals surface area contributed by atoms with E-state index in [1.807, 2.05) is 7.11 Å². The molecule has 1 N–H and O–H groups in total. The number of rotatable bonds is 9. The number of nitrogens with zero attached hydrogens (tertiary/aromatic N) is 1. The van der Waals surface area contributed by atoms with E-state index in [1.54, 1.807) is 0 Å². The van der Waals surface area contributed by atoms with Crippen molar-refractivity contribution in [2.24, 2.45) is 11.3 Å². The summed E-state index contributed by atoms with van der Waals surface area (Å²) < 4.78 is 5.32. The average Bonchev–Trinajstić information content (AvgIpc) is 3.16. The molecular weight excluding hydrogens is 236 g/mol. The third-order valence-corrected chi connectivity index (χ3v) is 5.11. The van der Waals surface area contributed by atoms with Crippen molar-refractivity contribution in [1.29, 1.82) is 0 Å². The molecule has 2 fully saturated rings. The number of methoxy groups -OCH3 is 1. The van der Waals surface area contributed by atoms with Gasteiger partial charge in [0.1, 0.15) is 0 Å². The summed E-state index contributed by atoms with van der Waals surface area (Å²) in [6, 6.07) is 0.740.